The maximum atomic E-state index is 13.3. The molecule has 0 spiro atoms. The molecule has 0 saturated carbocycles. The van der Waals surface area contributed by atoms with Gasteiger partial charge in [-0.3, -0.25) is 4.79 Å². The van der Waals surface area contributed by atoms with E-state index in [9.17, 15) is 9.18 Å². The highest BCUT2D eigenvalue weighted by atomic mass is 79.9. The summed E-state index contributed by atoms with van der Waals surface area (Å²) in [6, 6.07) is 13.6. The van der Waals surface area contributed by atoms with Crippen molar-refractivity contribution in [2.45, 2.75) is 25.9 Å². The molecule has 3 rings (SSSR count). The second-order valence-corrected chi connectivity index (χ2v) is 6.65. The van der Waals surface area contributed by atoms with Crippen molar-refractivity contribution in [2.75, 3.05) is 0 Å². The molecule has 26 heavy (non-hydrogen) atoms. The van der Waals surface area contributed by atoms with Gasteiger partial charge in [-0.15, -0.1) is 10.2 Å². The second kappa shape index (κ2) is 8.18. The van der Waals surface area contributed by atoms with Gasteiger partial charge < -0.3 is 5.32 Å². The number of rotatable bonds is 6. The van der Waals surface area contributed by atoms with Gasteiger partial charge in [-0.05, 0) is 41.5 Å². The number of halogens is 2. The number of tetrazole rings is 1. The van der Waals surface area contributed by atoms with E-state index in [-0.39, 0.29) is 30.1 Å². The van der Waals surface area contributed by atoms with Crippen molar-refractivity contribution >= 4 is 21.8 Å². The lowest BCUT2D eigenvalue weighted by atomic mass is 10.0. The van der Waals surface area contributed by atoms with Crippen molar-refractivity contribution in [2.24, 2.45) is 0 Å². The monoisotopic (exact) mass is 417 g/mol. The molecule has 1 aromatic heterocycles. The standard InChI is InChI=1S/C18H17BrFN5O/c1-2-16(12-6-8-14(19)9-7-12)21-17(26)11-25-23-18(22-24-25)13-4-3-5-15(20)10-13/h3-10,16H,2,11H2,1H3,(H,21,26). The Morgan fingerprint density at radius 1 is 1.27 bits per heavy atom. The fourth-order valence-corrected chi connectivity index (χ4v) is 2.80. The lowest BCUT2D eigenvalue weighted by Crippen LogP contribution is -2.32. The Bertz CT molecular complexity index is 897. The van der Waals surface area contributed by atoms with Crippen LogP contribution >= 0.6 is 15.9 Å². The first-order valence-electron chi connectivity index (χ1n) is 8.13. The van der Waals surface area contributed by atoms with Crippen LogP contribution in [0.25, 0.3) is 11.4 Å². The summed E-state index contributed by atoms with van der Waals surface area (Å²) in [5.74, 6) is -0.322. The predicted molar refractivity (Wildman–Crippen MR) is 98.5 cm³/mol. The summed E-state index contributed by atoms with van der Waals surface area (Å²) in [6.07, 6.45) is 0.757. The van der Waals surface area contributed by atoms with Crippen LogP contribution in [0.4, 0.5) is 4.39 Å². The Balaban J connectivity index is 1.65. The third kappa shape index (κ3) is 4.51. The second-order valence-electron chi connectivity index (χ2n) is 5.73. The highest BCUT2D eigenvalue weighted by Crippen LogP contribution is 2.19. The van der Waals surface area contributed by atoms with Crippen LogP contribution in [-0.4, -0.2) is 26.1 Å². The van der Waals surface area contributed by atoms with Crippen molar-refractivity contribution in [1.82, 2.24) is 25.5 Å². The maximum Gasteiger partial charge on any atom is 0.244 e. The molecule has 0 aliphatic heterocycles. The summed E-state index contributed by atoms with van der Waals surface area (Å²) < 4.78 is 14.3. The first kappa shape index (κ1) is 18.2. The number of benzene rings is 2. The molecule has 0 saturated heterocycles. The summed E-state index contributed by atoms with van der Waals surface area (Å²) in [5.41, 5.74) is 1.54. The molecule has 8 heteroatoms. The molecular weight excluding hydrogens is 401 g/mol. The average Bonchev–Trinajstić information content (AvgIpc) is 3.09. The lowest BCUT2D eigenvalue weighted by Gasteiger charge is -2.17. The van der Waals surface area contributed by atoms with Crippen LogP contribution in [0.15, 0.2) is 53.0 Å². The molecule has 3 aromatic rings. The van der Waals surface area contributed by atoms with Gasteiger partial charge in [0.05, 0.1) is 6.04 Å². The zero-order chi connectivity index (χ0) is 18.5. The minimum atomic E-state index is -0.378. The molecule has 2 aromatic carbocycles. The summed E-state index contributed by atoms with van der Waals surface area (Å²) >= 11 is 3.40. The highest BCUT2D eigenvalue weighted by Gasteiger charge is 2.15. The van der Waals surface area contributed by atoms with Crippen molar-refractivity contribution in [3.8, 4) is 11.4 Å². The largest absolute Gasteiger partial charge is 0.348 e. The van der Waals surface area contributed by atoms with Gasteiger partial charge in [0.2, 0.25) is 11.7 Å². The topological polar surface area (TPSA) is 72.7 Å². The number of carbonyl (C=O) groups excluding carboxylic acids is 1. The zero-order valence-corrected chi connectivity index (χ0v) is 15.6. The number of aromatic nitrogens is 4. The van der Waals surface area contributed by atoms with Gasteiger partial charge in [-0.1, -0.05) is 47.1 Å². The highest BCUT2D eigenvalue weighted by molar-refractivity contribution is 9.10. The molecule has 0 aliphatic rings. The van der Waals surface area contributed by atoms with E-state index in [1.54, 1.807) is 12.1 Å². The molecule has 0 fully saturated rings. The Labute approximate surface area is 158 Å². The Kier molecular flexibility index (Phi) is 5.72. The Morgan fingerprint density at radius 2 is 2.04 bits per heavy atom. The fraction of sp³-hybridized carbons (Fsp3) is 0.222. The fourth-order valence-electron chi connectivity index (χ4n) is 2.54. The van der Waals surface area contributed by atoms with Gasteiger partial charge in [0.15, 0.2) is 0 Å². The zero-order valence-electron chi connectivity index (χ0n) is 14.1. The molecule has 1 amide bonds. The predicted octanol–water partition coefficient (Wildman–Crippen LogP) is 3.51. The average molecular weight is 418 g/mol. The Hall–Kier alpha value is -2.61. The summed E-state index contributed by atoms with van der Waals surface area (Å²) in [7, 11) is 0. The van der Waals surface area contributed by atoms with Gasteiger partial charge in [-0.2, -0.15) is 4.80 Å². The number of carbonyl (C=O) groups is 1. The van der Waals surface area contributed by atoms with Crippen molar-refractivity contribution in [3.63, 3.8) is 0 Å². The molecule has 0 radical (unpaired) electrons. The van der Waals surface area contributed by atoms with Crippen LogP contribution in [0.5, 0.6) is 0 Å². The summed E-state index contributed by atoms with van der Waals surface area (Å²) in [5, 5.41) is 14.8. The van der Waals surface area contributed by atoms with Crippen LogP contribution in [0.3, 0.4) is 0 Å². The number of nitrogens with one attached hydrogen (secondary N) is 1. The molecule has 134 valence electrons. The van der Waals surface area contributed by atoms with E-state index in [1.165, 1.54) is 16.9 Å². The molecular formula is C18H17BrFN5O. The maximum absolute atomic E-state index is 13.3. The lowest BCUT2D eigenvalue weighted by molar-refractivity contribution is -0.122. The SMILES string of the molecule is CCC(NC(=O)Cn1nnc(-c2cccc(F)c2)n1)c1ccc(Br)cc1. The minimum absolute atomic E-state index is 0.0602. The van der Waals surface area contributed by atoms with Crippen LogP contribution in [0.2, 0.25) is 0 Å². The van der Waals surface area contributed by atoms with E-state index in [0.717, 1.165) is 16.5 Å². The normalized spacial score (nSPS) is 12.0. The first-order valence-corrected chi connectivity index (χ1v) is 8.93. The van der Waals surface area contributed by atoms with Gasteiger partial charge >= 0.3 is 0 Å². The van der Waals surface area contributed by atoms with Crippen LogP contribution in [0, 0.1) is 5.82 Å². The third-order valence-electron chi connectivity index (χ3n) is 3.84. The van der Waals surface area contributed by atoms with Crippen molar-refractivity contribution in [3.05, 3.63) is 64.4 Å². The number of hydrogen-bond acceptors (Lipinski definition) is 4. The first-order chi connectivity index (χ1) is 12.5. The summed E-state index contributed by atoms with van der Waals surface area (Å²) in [4.78, 5) is 13.5. The van der Waals surface area contributed by atoms with Crippen molar-refractivity contribution < 1.29 is 9.18 Å². The number of amides is 1. The van der Waals surface area contributed by atoms with Gasteiger partial charge in [0.1, 0.15) is 12.4 Å². The van der Waals surface area contributed by atoms with Gasteiger partial charge in [0.25, 0.3) is 0 Å². The third-order valence-corrected chi connectivity index (χ3v) is 4.37. The van der Waals surface area contributed by atoms with Crippen molar-refractivity contribution in [1.29, 1.82) is 0 Å². The molecule has 0 aliphatic carbocycles. The molecule has 1 unspecified atom stereocenters. The van der Waals surface area contributed by atoms with E-state index in [2.05, 4.69) is 36.7 Å². The molecule has 0 bridgehead atoms. The minimum Gasteiger partial charge on any atom is -0.348 e. The smallest absolute Gasteiger partial charge is 0.244 e. The van der Waals surface area contributed by atoms with Crippen LogP contribution < -0.4 is 5.32 Å². The summed E-state index contributed by atoms with van der Waals surface area (Å²) in [6.45, 7) is 1.94. The Morgan fingerprint density at radius 3 is 2.73 bits per heavy atom. The van der Waals surface area contributed by atoms with E-state index < -0.39 is 0 Å². The van der Waals surface area contributed by atoms with E-state index in [0.29, 0.717) is 5.56 Å². The van der Waals surface area contributed by atoms with Gasteiger partial charge in [-0.25, -0.2) is 4.39 Å². The molecule has 1 N–H and O–H groups in total. The van der Waals surface area contributed by atoms with E-state index >= 15 is 0 Å². The molecule has 1 atom stereocenters. The molecule has 6 nitrogen and oxygen atoms in total. The number of hydrogen-bond donors (Lipinski definition) is 1. The van der Waals surface area contributed by atoms with E-state index in [4.69, 9.17) is 0 Å². The van der Waals surface area contributed by atoms with Crippen LogP contribution in [-0.2, 0) is 11.3 Å². The quantitative estimate of drug-likeness (QED) is 0.665. The number of nitrogens with zero attached hydrogens (tertiary/aromatic N) is 4. The molecule has 1 heterocycles. The van der Waals surface area contributed by atoms with Gasteiger partial charge in [0, 0.05) is 10.0 Å². The van der Waals surface area contributed by atoms with E-state index in [1.807, 2.05) is 31.2 Å². The van der Waals surface area contributed by atoms with Crippen LogP contribution in [0.1, 0.15) is 24.9 Å².